The van der Waals surface area contributed by atoms with Crippen LogP contribution in [-0.2, 0) is 0 Å². The Morgan fingerprint density at radius 3 is 2.50 bits per heavy atom. The fourth-order valence-corrected chi connectivity index (χ4v) is 2.01. The highest BCUT2D eigenvalue weighted by Crippen LogP contribution is 2.30. The van der Waals surface area contributed by atoms with Crippen LogP contribution in [0.4, 0.5) is 13.2 Å². The van der Waals surface area contributed by atoms with Crippen LogP contribution in [-0.4, -0.2) is 12.4 Å². The van der Waals surface area contributed by atoms with Crippen molar-refractivity contribution in [1.29, 1.82) is 0 Å². The Hall–Kier alpha value is -2.56. The number of hydrogen-bond acceptors (Lipinski definition) is 2. The van der Waals surface area contributed by atoms with Gasteiger partial charge in [0.1, 0.15) is 5.82 Å². The van der Waals surface area contributed by atoms with Crippen LogP contribution < -0.4 is 4.74 Å². The van der Waals surface area contributed by atoms with Gasteiger partial charge in [-0.1, -0.05) is 12.6 Å². The Labute approximate surface area is 125 Å². The molecular weight excluding hydrogens is 293 g/mol. The van der Waals surface area contributed by atoms with E-state index in [0.717, 1.165) is 12.1 Å². The molecule has 0 fully saturated rings. The Balaban J connectivity index is 2.49. The molecule has 0 radical (unpaired) electrons. The smallest absolute Gasteiger partial charge is 0.201 e. The number of ketones is 1. The highest BCUT2D eigenvalue weighted by atomic mass is 19.2. The van der Waals surface area contributed by atoms with Gasteiger partial charge < -0.3 is 4.74 Å². The van der Waals surface area contributed by atoms with Crippen molar-refractivity contribution in [3.8, 4) is 16.9 Å². The van der Waals surface area contributed by atoms with Gasteiger partial charge >= 0.3 is 0 Å². The molecule has 0 aromatic heterocycles. The second-order valence-electron chi connectivity index (χ2n) is 4.44. The van der Waals surface area contributed by atoms with E-state index >= 15 is 0 Å². The van der Waals surface area contributed by atoms with E-state index in [0.29, 0.717) is 0 Å². The number of allylic oxidation sites excluding steroid dienone is 1. The molecule has 0 aliphatic heterocycles. The van der Waals surface area contributed by atoms with Crippen LogP contribution in [0.15, 0.2) is 43.0 Å². The maximum atomic E-state index is 14.1. The first kappa shape index (κ1) is 15.8. The molecule has 2 rings (SSSR count). The van der Waals surface area contributed by atoms with E-state index in [1.165, 1.54) is 24.3 Å². The summed E-state index contributed by atoms with van der Waals surface area (Å²) in [5.41, 5.74) is -0.166. The monoisotopic (exact) mass is 306 g/mol. The third-order valence-electron chi connectivity index (χ3n) is 3.08. The highest BCUT2D eigenvalue weighted by molar-refractivity contribution is 6.04. The first-order valence-corrected chi connectivity index (χ1v) is 6.57. The van der Waals surface area contributed by atoms with Crippen molar-refractivity contribution in [2.75, 3.05) is 6.61 Å². The second kappa shape index (κ2) is 6.47. The van der Waals surface area contributed by atoms with Gasteiger partial charge in [-0.05, 0) is 42.8 Å². The standard InChI is InChI=1S/C17H13F3O2/c1-3-14(21)12-6-5-10(9-13(12)18)11-7-8-15(22-4-2)17(20)16(11)19/h3,5-9H,1,4H2,2H3. The normalized spacial score (nSPS) is 10.4. The lowest BCUT2D eigenvalue weighted by Crippen LogP contribution is -2.00. The predicted molar refractivity (Wildman–Crippen MR) is 77.4 cm³/mol. The maximum Gasteiger partial charge on any atom is 0.201 e. The average molecular weight is 306 g/mol. The van der Waals surface area contributed by atoms with Gasteiger partial charge in [-0.2, -0.15) is 4.39 Å². The molecule has 0 aliphatic rings. The van der Waals surface area contributed by atoms with Crippen molar-refractivity contribution in [3.63, 3.8) is 0 Å². The molecular formula is C17H13F3O2. The molecule has 0 amide bonds. The lowest BCUT2D eigenvalue weighted by Gasteiger charge is -2.10. The van der Waals surface area contributed by atoms with Crippen LogP contribution in [0.5, 0.6) is 5.75 Å². The van der Waals surface area contributed by atoms with E-state index in [4.69, 9.17) is 4.74 Å². The Kier molecular flexibility index (Phi) is 4.65. The quantitative estimate of drug-likeness (QED) is 0.599. The second-order valence-corrected chi connectivity index (χ2v) is 4.44. The summed E-state index contributed by atoms with van der Waals surface area (Å²) in [6, 6.07) is 6.11. The molecule has 0 unspecified atom stereocenters. The van der Waals surface area contributed by atoms with Gasteiger partial charge in [0, 0.05) is 5.56 Å². The van der Waals surface area contributed by atoms with E-state index < -0.39 is 23.2 Å². The largest absolute Gasteiger partial charge is 0.491 e. The Morgan fingerprint density at radius 1 is 1.18 bits per heavy atom. The molecule has 0 bridgehead atoms. The molecule has 0 aliphatic carbocycles. The molecule has 114 valence electrons. The van der Waals surface area contributed by atoms with Crippen molar-refractivity contribution in [1.82, 2.24) is 0 Å². The van der Waals surface area contributed by atoms with E-state index in [1.807, 2.05) is 0 Å². The van der Waals surface area contributed by atoms with Gasteiger partial charge in [-0.25, -0.2) is 8.78 Å². The van der Waals surface area contributed by atoms with Crippen LogP contribution in [0.3, 0.4) is 0 Å². The van der Waals surface area contributed by atoms with E-state index in [1.54, 1.807) is 6.92 Å². The minimum atomic E-state index is -1.13. The van der Waals surface area contributed by atoms with Crippen molar-refractivity contribution < 1.29 is 22.7 Å². The zero-order valence-electron chi connectivity index (χ0n) is 11.8. The average Bonchev–Trinajstić information content (AvgIpc) is 2.51. The van der Waals surface area contributed by atoms with Crippen LogP contribution in [0.1, 0.15) is 17.3 Å². The first-order valence-electron chi connectivity index (χ1n) is 6.57. The molecule has 0 N–H and O–H groups in total. The molecule has 0 spiro atoms. The number of carbonyl (C=O) groups is 1. The topological polar surface area (TPSA) is 26.3 Å². The van der Waals surface area contributed by atoms with E-state index in [9.17, 15) is 18.0 Å². The van der Waals surface area contributed by atoms with E-state index in [-0.39, 0.29) is 29.0 Å². The van der Waals surface area contributed by atoms with Gasteiger partial charge in [-0.3, -0.25) is 4.79 Å². The third kappa shape index (κ3) is 2.88. The molecule has 0 saturated carbocycles. The summed E-state index contributed by atoms with van der Waals surface area (Å²) < 4.78 is 46.8. The van der Waals surface area contributed by atoms with Gasteiger partial charge in [0.2, 0.25) is 5.82 Å². The van der Waals surface area contributed by atoms with Crippen LogP contribution >= 0.6 is 0 Å². The fraction of sp³-hybridized carbons (Fsp3) is 0.118. The molecule has 5 heteroatoms. The van der Waals surface area contributed by atoms with Crippen molar-refractivity contribution in [2.24, 2.45) is 0 Å². The minimum absolute atomic E-state index is 0.113. The number of rotatable bonds is 5. The number of benzene rings is 2. The van der Waals surface area contributed by atoms with E-state index in [2.05, 4.69) is 6.58 Å². The number of ether oxygens (including phenoxy) is 1. The summed E-state index contributed by atoms with van der Waals surface area (Å²) in [5.74, 6) is -3.87. The maximum absolute atomic E-state index is 14.1. The van der Waals surface area contributed by atoms with Gasteiger partial charge in [-0.15, -0.1) is 0 Å². The summed E-state index contributed by atoms with van der Waals surface area (Å²) in [5, 5.41) is 0. The first-order chi connectivity index (χ1) is 10.5. The van der Waals surface area contributed by atoms with Gasteiger partial charge in [0.15, 0.2) is 17.3 Å². The Morgan fingerprint density at radius 2 is 1.91 bits per heavy atom. The SMILES string of the molecule is C=CC(=O)c1ccc(-c2ccc(OCC)c(F)c2F)cc1F. The summed E-state index contributed by atoms with van der Waals surface area (Å²) in [4.78, 5) is 11.4. The minimum Gasteiger partial charge on any atom is -0.491 e. The van der Waals surface area contributed by atoms with Gasteiger partial charge in [0.05, 0.1) is 12.2 Å². The summed E-state index contributed by atoms with van der Waals surface area (Å²) >= 11 is 0. The summed E-state index contributed by atoms with van der Waals surface area (Å²) in [6.07, 6.45) is 0.981. The molecule has 0 atom stereocenters. The zero-order valence-corrected chi connectivity index (χ0v) is 11.8. The molecule has 2 aromatic rings. The van der Waals surface area contributed by atoms with Crippen LogP contribution in [0, 0.1) is 17.5 Å². The van der Waals surface area contributed by atoms with Crippen molar-refractivity contribution in [3.05, 3.63) is 66.0 Å². The third-order valence-corrected chi connectivity index (χ3v) is 3.08. The number of carbonyl (C=O) groups excluding carboxylic acids is 1. The molecule has 0 saturated heterocycles. The summed E-state index contributed by atoms with van der Waals surface area (Å²) in [6.45, 7) is 5.12. The molecule has 2 aromatic carbocycles. The highest BCUT2D eigenvalue weighted by Gasteiger charge is 2.17. The lowest BCUT2D eigenvalue weighted by molar-refractivity contribution is 0.104. The van der Waals surface area contributed by atoms with Crippen molar-refractivity contribution >= 4 is 5.78 Å². The Bertz CT molecular complexity index is 739. The van der Waals surface area contributed by atoms with Crippen molar-refractivity contribution in [2.45, 2.75) is 6.92 Å². The van der Waals surface area contributed by atoms with Crippen LogP contribution in [0.2, 0.25) is 0 Å². The predicted octanol–water partition coefficient (Wildman–Crippen LogP) is 4.54. The fourth-order valence-electron chi connectivity index (χ4n) is 2.01. The summed E-state index contributed by atoms with van der Waals surface area (Å²) in [7, 11) is 0. The zero-order chi connectivity index (χ0) is 16.3. The van der Waals surface area contributed by atoms with Gasteiger partial charge in [0.25, 0.3) is 0 Å². The number of halogens is 3. The molecule has 0 heterocycles. The molecule has 22 heavy (non-hydrogen) atoms. The number of hydrogen-bond donors (Lipinski definition) is 0. The van der Waals surface area contributed by atoms with Crippen LogP contribution in [0.25, 0.3) is 11.1 Å². The molecule has 2 nitrogen and oxygen atoms in total. The lowest BCUT2D eigenvalue weighted by atomic mass is 10.0.